The van der Waals surface area contributed by atoms with E-state index in [2.05, 4.69) is 47.2 Å². The normalized spacial score (nSPS) is 11.4. The molecule has 0 saturated carbocycles. The lowest BCUT2D eigenvalue weighted by molar-refractivity contribution is 0.480. The van der Waals surface area contributed by atoms with Gasteiger partial charge in [0, 0.05) is 21.9 Å². The molecule has 0 amide bonds. The van der Waals surface area contributed by atoms with Gasteiger partial charge in [-0.2, -0.15) is 0 Å². The molecule has 4 aromatic rings. The number of benzene rings is 2. The molecular formula is C20H18N2OS. The summed E-state index contributed by atoms with van der Waals surface area (Å²) in [5, 5.41) is 12.4. The molecular weight excluding hydrogens is 316 g/mol. The highest BCUT2D eigenvalue weighted by Crippen LogP contribution is 2.39. The molecule has 0 aliphatic rings. The van der Waals surface area contributed by atoms with Crippen LogP contribution in [0.15, 0.2) is 53.6 Å². The largest absolute Gasteiger partial charge is 0.506 e. The Kier molecular flexibility index (Phi) is 3.69. The second-order valence-electron chi connectivity index (χ2n) is 5.88. The van der Waals surface area contributed by atoms with Gasteiger partial charge in [0.2, 0.25) is 0 Å². The molecule has 120 valence electrons. The molecule has 0 fully saturated rings. The zero-order valence-corrected chi connectivity index (χ0v) is 14.4. The Morgan fingerprint density at radius 3 is 2.88 bits per heavy atom. The minimum atomic E-state index is 0.253. The van der Waals surface area contributed by atoms with Gasteiger partial charge in [0.15, 0.2) is 0 Å². The van der Waals surface area contributed by atoms with E-state index in [0.29, 0.717) is 0 Å². The number of hydrogen-bond donors (Lipinski definition) is 2. The fourth-order valence-electron chi connectivity index (χ4n) is 3.14. The van der Waals surface area contributed by atoms with Crippen LogP contribution in [0.1, 0.15) is 12.5 Å². The summed E-state index contributed by atoms with van der Waals surface area (Å²) in [6.07, 6.45) is 1.84. The Bertz CT molecular complexity index is 1050. The predicted octanol–water partition coefficient (Wildman–Crippen LogP) is 5.51. The molecule has 2 heterocycles. The molecule has 0 aliphatic carbocycles. The number of pyridine rings is 1. The smallest absolute Gasteiger partial charge is 0.139 e. The summed E-state index contributed by atoms with van der Waals surface area (Å²) in [5.41, 5.74) is 4.92. The first-order chi connectivity index (χ1) is 11.7. The molecule has 0 radical (unpaired) electrons. The third-order valence-electron chi connectivity index (χ3n) is 4.18. The molecule has 4 heteroatoms. The Morgan fingerprint density at radius 1 is 1.17 bits per heavy atom. The van der Waals surface area contributed by atoms with Gasteiger partial charge < -0.3 is 10.1 Å². The van der Waals surface area contributed by atoms with E-state index < -0.39 is 0 Å². The Labute approximate surface area is 144 Å². The number of fused-ring (bicyclic) bond motifs is 3. The van der Waals surface area contributed by atoms with Crippen molar-refractivity contribution in [2.45, 2.75) is 18.7 Å². The van der Waals surface area contributed by atoms with Gasteiger partial charge in [-0.15, -0.1) is 11.8 Å². The van der Waals surface area contributed by atoms with Gasteiger partial charge in [0.1, 0.15) is 11.4 Å². The number of aromatic nitrogens is 2. The summed E-state index contributed by atoms with van der Waals surface area (Å²) in [6.45, 7) is 4.19. The highest BCUT2D eigenvalue weighted by Gasteiger charge is 2.14. The number of H-pyrrole nitrogens is 1. The number of aromatic amines is 1. The fraction of sp³-hybridized carbons (Fsp3) is 0.150. The van der Waals surface area contributed by atoms with Crippen LogP contribution in [0.25, 0.3) is 33.1 Å². The van der Waals surface area contributed by atoms with E-state index >= 15 is 0 Å². The number of aryl methyl sites for hydroxylation is 1. The van der Waals surface area contributed by atoms with Crippen molar-refractivity contribution in [3.8, 4) is 16.9 Å². The maximum atomic E-state index is 10.3. The van der Waals surface area contributed by atoms with Gasteiger partial charge in [0.05, 0.1) is 5.52 Å². The van der Waals surface area contributed by atoms with Crippen LogP contribution < -0.4 is 0 Å². The second-order valence-corrected chi connectivity index (χ2v) is 7.21. The summed E-state index contributed by atoms with van der Waals surface area (Å²) < 4.78 is 0. The van der Waals surface area contributed by atoms with Crippen LogP contribution >= 0.6 is 11.8 Å². The topological polar surface area (TPSA) is 48.9 Å². The summed E-state index contributed by atoms with van der Waals surface area (Å²) in [7, 11) is 0. The van der Waals surface area contributed by atoms with Crippen molar-refractivity contribution >= 4 is 33.7 Å². The zero-order chi connectivity index (χ0) is 16.7. The lowest BCUT2D eigenvalue weighted by Crippen LogP contribution is -1.83. The zero-order valence-electron chi connectivity index (χ0n) is 13.6. The molecule has 4 rings (SSSR count). The number of aromatic hydroxyl groups is 1. The Morgan fingerprint density at radius 2 is 2.04 bits per heavy atom. The van der Waals surface area contributed by atoms with Crippen molar-refractivity contribution in [3.05, 3.63) is 54.2 Å². The average Bonchev–Trinajstić information content (AvgIpc) is 2.96. The highest BCUT2D eigenvalue weighted by atomic mass is 32.2. The third-order valence-corrected chi connectivity index (χ3v) is 5.05. The van der Waals surface area contributed by atoms with Crippen LogP contribution in [-0.2, 0) is 0 Å². The third kappa shape index (κ3) is 2.43. The molecule has 2 aromatic heterocycles. The lowest BCUT2D eigenvalue weighted by atomic mass is 9.99. The van der Waals surface area contributed by atoms with E-state index in [1.165, 1.54) is 4.90 Å². The van der Waals surface area contributed by atoms with Crippen molar-refractivity contribution in [1.29, 1.82) is 0 Å². The predicted molar refractivity (Wildman–Crippen MR) is 102 cm³/mol. The molecule has 0 unspecified atom stereocenters. The minimum absolute atomic E-state index is 0.253. The van der Waals surface area contributed by atoms with Gasteiger partial charge in [-0.25, -0.2) is 4.98 Å². The van der Waals surface area contributed by atoms with Gasteiger partial charge in [-0.1, -0.05) is 19.1 Å². The van der Waals surface area contributed by atoms with E-state index in [1.54, 1.807) is 6.07 Å². The van der Waals surface area contributed by atoms with Crippen LogP contribution in [0, 0.1) is 6.92 Å². The minimum Gasteiger partial charge on any atom is -0.506 e. The van der Waals surface area contributed by atoms with E-state index in [-0.39, 0.29) is 5.75 Å². The number of nitrogens with zero attached hydrogens (tertiary/aromatic N) is 1. The van der Waals surface area contributed by atoms with E-state index in [9.17, 15) is 5.11 Å². The fourth-order valence-corrected chi connectivity index (χ4v) is 3.85. The van der Waals surface area contributed by atoms with Crippen molar-refractivity contribution in [2.75, 3.05) is 5.75 Å². The molecule has 3 nitrogen and oxygen atoms in total. The summed E-state index contributed by atoms with van der Waals surface area (Å²) in [4.78, 5) is 8.98. The van der Waals surface area contributed by atoms with E-state index in [0.717, 1.165) is 44.4 Å². The number of phenolic OH excluding ortho intramolecular Hbond substituents is 1. The molecule has 2 aromatic carbocycles. The lowest BCUT2D eigenvalue weighted by Gasteiger charge is -2.08. The molecule has 0 spiro atoms. The maximum absolute atomic E-state index is 10.3. The van der Waals surface area contributed by atoms with Gasteiger partial charge in [-0.3, -0.25) is 0 Å². The van der Waals surface area contributed by atoms with Crippen molar-refractivity contribution in [2.24, 2.45) is 0 Å². The number of hydrogen-bond acceptors (Lipinski definition) is 3. The summed E-state index contributed by atoms with van der Waals surface area (Å²) in [5.74, 6) is 1.30. The standard InChI is InChI=1S/C20H18N2OS/c1-3-24-14-6-4-5-13(10-14)15-7-8-17(23)19-18(15)16-9-12(2)11-21-20(16)22-19/h4-11,23H,3H2,1-2H3,(H,21,22). The second kappa shape index (κ2) is 5.87. The van der Waals surface area contributed by atoms with Gasteiger partial charge >= 0.3 is 0 Å². The Balaban J connectivity index is 2.05. The number of nitrogens with one attached hydrogen (secondary N) is 1. The van der Waals surface area contributed by atoms with Gasteiger partial charge in [0.25, 0.3) is 0 Å². The number of phenols is 1. The first-order valence-corrected chi connectivity index (χ1v) is 8.99. The molecule has 0 aliphatic heterocycles. The van der Waals surface area contributed by atoms with Crippen molar-refractivity contribution < 1.29 is 5.11 Å². The van der Waals surface area contributed by atoms with Crippen LogP contribution in [0.4, 0.5) is 0 Å². The van der Waals surface area contributed by atoms with Crippen LogP contribution in [-0.4, -0.2) is 20.8 Å². The highest BCUT2D eigenvalue weighted by molar-refractivity contribution is 7.99. The number of rotatable bonds is 3. The quantitative estimate of drug-likeness (QED) is 0.486. The molecule has 2 N–H and O–H groups in total. The first kappa shape index (κ1) is 15.1. The summed E-state index contributed by atoms with van der Waals surface area (Å²) in [6, 6.07) is 14.4. The molecule has 0 saturated heterocycles. The van der Waals surface area contributed by atoms with E-state index in [4.69, 9.17) is 0 Å². The molecule has 24 heavy (non-hydrogen) atoms. The monoisotopic (exact) mass is 334 g/mol. The van der Waals surface area contributed by atoms with Crippen molar-refractivity contribution in [1.82, 2.24) is 9.97 Å². The first-order valence-electron chi connectivity index (χ1n) is 8.00. The van der Waals surface area contributed by atoms with Crippen LogP contribution in [0.5, 0.6) is 5.75 Å². The van der Waals surface area contributed by atoms with Crippen LogP contribution in [0.3, 0.4) is 0 Å². The maximum Gasteiger partial charge on any atom is 0.139 e. The van der Waals surface area contributed by atoms with E-state index in [1.807, 2.05) is 30.9 Å². The van der Waals surface area contributed by atoms with Crippen molar-refractivity contribution in [3.63, 3.8) is 0 Å². The molecule has 0 bridgehead atoms. The SMILES string of the molecule is CCSc1cccc(-c2ccc(O)c3[nH]c4ncc(C)cc4c23)c1. The summed E-state index contributed by atoms with van der Waals surface area (Å²) >= 11 is 1.83. The molecule has 0 atom stereocenters. The van der Waals surface area contributed by atoms with Crippen LogP contribution in [0.2, 0.25) is 0 Å². The number of thioether (sulfide) groups is 1. The average molecular weight is 334 g/mol. The van der Waals surface area contributed by atoms with Gasteiger partial charge in [-0.05, 0) is 59.7 Å². The Hall–Kier alpha value is -2.46.